The number of esters is 2. The molecule has 0 saturated heterocycles. The van der Waals surface area contributed by atoms with Gasteiger partial charge in [0.25, 0.3) is 0 Å². The molecule has 2 saturated carbocycles. The molecule has 9 nitrogen and oxygen atoms in total. The molecule has 2 unspecified atom stereocenters. The summed E-state index contributed by atoms with van der Waals surface area (Å²) in [7, 11) is 0. The molecule has 83 heavy (non-hydrogen) atoms. The highest BCUT2D eigenvalue weighted by atomic mass is 16.5. The SMILES string of the molecule is CCC(C)(C)Oc1ccc(C2(c3ccc(OC(=O)c4ccc(Oc5ccc(C(=O)C(C)(CC)C(C)Oc6ccc(C7(c8ccc(OC(=O)c9ccc(C(=O)C(C)(C)CC)cc9)cc8)CCCCC7)cc6)cc5)cc4)cc3)CCCCC2)cc1. The van der Waals surface area contributed by atoms with E-state index in [1.165, 1.54) is 35.1 Å². The van der Waals surface area contributed by atoms with Gasteiger partial charge in [0, 0.05) is 27.4 Å². The zero-order valence-corrected chi connectivity index (χ0v) is 50.1. The second-order valence-electron chi connectivity index (χ2n) is 24.5. The monoisotopic (exact) mass is 1110 g/mol. The maximum absolute atomic E-state index is 14.3. The molecule has 0 aromatic heterocycles. The van der Waals surface area contributed by atoms with Crippen LogP contribution in [0.4, 0.5) is 0 Å². The fourth-order valence-electron chi connectivity index (χ4n) is 12.0. The Kier molecular flexibility index (Phi) is 18.3. The Bertz CT molecular complexity index is 3330. The molecule has 0 radical (unpaired) electrons. The van der Waals surface area contributed by atoms with Crippen LogP contribution in [0.1, 0.15) is 209 Å². The fourth-order valence-corrected chi connectivity index (χ4v) is 12.0. The van der Waals surface area contributed by atoms with Crippen molar-refractivity contribution in [1.29, 1.82) is 0 Å². The molecule has 2 aliphatic carbocycles. The van der Waals surface area contributed by atoms with Gasteiger partial charge in [0.1, 0.15) is 46.2 Å². The molecular weight excluding hydrogens is 1030 g/mol. The van der Waals surface area contributed by atoms with Crippen molar-refractivity contribution in [2.45, 2.75) is 168 Å². The van der Waals surface area contributed by atoms with Gasteiger partial charge in [-0.15, -0.1) is 0 Å². The Morgan fingerprint density at radius 3 is 1.12 bits per heavy atom. The van der Waals surface area contributed by atoms with Crippen LogP contribution in [-0.2, 0) is 10.8 Å². The van der Waals surface area contributed by atoms with Crippen LogP contribution >= 0.6 is 0 Å². The number of carbonyl (C=O) groups excluding carboxylic acids is 4. The van der Waals surface area contributed by atoms with E-state index in [0.717, 1.165) is 70.0 Å². The minimum absolute atomic E-state index is 0.0230. The lowest BCUT2D eigenvalue weighted by molar-refractivity contribution is 0.0480. The molecule has 0 bridgehead atoms. The van der Waals surface area contributed by atoms with Crippen LogP contribution in [0.15, 0.2) is 170 Å². The van der Waals surface area contributed by atoms with Crippen molar-refractivity contribution < 1.29 is 42.9 Å². The zero-order valence-electron chi connectivity index (χ0n) is 50.1. The van der Waals surface area contributed by atoms with E-state index in [0.29, 0.717) is 57.4 Å². The average molecular weight is 1120 g/mol. The number of benzene rings is 7. The van der Waals surface area contributed by atoms with E-state index >= 15 is 0 Å². The number of rotatable bonds is 22. The Morgan fingerprint density at radius 1 is 0.398 bits per heavy atom. The molecule has 9 rings (SSSR count). The first-order valence-electron chi connectivity index (χ1n) is 30.1. The lowest BCUT2D eigenvalue weighted by Crippen LogP contribution is -2.41. The molecule has 0 spiro atoms. The van der Waals surface area contributed by atoms with Gasteiger partial charge in [-0.3, -0.25) is 9.59 Å². The highest BCUT2D eigenvalue weighted by Gasteiger charge is 2.41. The van der Waals surface area contributed by atoms with Crippen molar-refractivity contribution in [1.82, 2.24) is 0 Å². The van der Waals surface area contributed by atoms with Gasteiger partial charge in [0.05, 0.1) is 16.5 Å². The van der Waals surface area contributed by atoms with E-state index in [9.17, 15) is 19.2 Å². The quantitative estimate of drug-likeness (QED) is 0.0372. The average Bonchev–Trinajstić information content (AvgIpc) is 3.54. The number of carbonyl (C=O) groups is 4. The zero-order chi connectivity index (χ0) is 59.0. The summed E-state index contributed by atoms with van der Waals surface area (Å²) in [6.45, 7) is 18.2. The normalized spacial score (nSPS) is 16.1. The molecule has 7 aromatic rings. The van der Waals surface area contributed by atoms with Gasteiger partial charge in [-0.05, 0) is 204 Å². The van der Waals surface area contributed by atoms with Gasteiger partial charge in [-0.2, -0.15) is 0 Å². The van der Waals surface area contributed by atoms with Crippen molar-refractivity contribution in [2.24, 2.45) is 10.8 Å². The molecule has 0 heterocycles. The minimum atomic E-state index is -0.830. The topological polar surface area (TPSA) is 114 Å². The van der Waals surface area contributed by atoms with Gasteiger partial charge in [0.2, 0.25) is 0 Å². The van der Waals surface area contributed by atoms with Crippen molar-refractivity contribution in [2.75, 3.05) is 0 Å². The molecule has 0 aliphatic heterocycles. The Labute approximate surface area is 492 Å². The first-order valence-corrected chi connectivity index (χ1v) is 30.1. The van der Waals surface area contributed by atoms with Crippen LogP contribution in [0.3, 0.4) is 0 Å². The number of Topliss-reactive ketones (excluding diaryl/α,β-unsaturated/α-hetero) is 2. The summed E-state index contributed by atoms with van der Waals surface area (Å²) in [5, 5.41) is 0. The van der Waals surface area contributed by atoms with Crippen LogP contribution in [0.25, 0.3) is 0 Å². The molecule has 0 amide bonds. The lowest BCUT2D eigenvalue weighted by Gasteiger charge is -2.39. The molecule has 432 valence electrons. The Balaban J connectivity index is 0.784. The third kappa shape index (κ3) is 13.4. The van der Waals surface area contributed by atoms with E-state index in [-0.39, 0.29) is 28.0 Å². The van der Waals surface area contributed by atoms with Crippen molar-refractivity contribution >= 4 is 23.5 Å². The standard InChI is InChI=1S/C74H82O9/c1-10-70(5,6)66(75)52-19-21-54(22-20-52)68(77)81-63-41-29-57(30-42-63)73(47-15-13-16-48-73)56-27-39-60(40-28-56)79-51(4)72(9,12-3)67(76)53-23-35-61(36-24-53)80-62-37-25-55(26-38-62)69(78)82-64-43-31-58(32-44-64)74(49-17-14-18-50-74)59-33-45-65(46-34-59)83-71(7,8)11-2/h19-46,51H,10-18,47-50H2,1-9H3. The van der Waals surface area contributed by atoms with Gasteiger partial charge < -0.3 is 23.7 Å². The largest absolute Gasteiger partial charge is 0.490 e. The second kappa shape index (κ2) is 25.4. The summed E-state index contributed by atoms with van der Waals surface area (Å²) in [6, 6.07) is 53.5. The van der Waals surface area contributed by atoms with Crippen LogP contribution in [-0.4, -0.2) is 35.2 Å². The first kappa shape index (κ1) is 59.8. The molecule has 2 aliphatic rings. The molecule has 7 aromatic carbocycles. The van der Waals surface area contributed by atoms with E-state index < -0.39 is 28.9 Å². The second-order valence-corrected chi connectivity index (χ2v) is 24.5. The molecule has 9 heteroatoms. The fraction of sp³-hybridized carbons (Fsp3) is 0.378. The first-order chi connectivity index (χ1) is 39.8. The van der Waals surface area contributed by atoms with Gasteiger partial charge >= 0.3 is 11.9 Å². The maximum atomic E-state index is 14.3. The highest BCUT2D eigenvalue weighted by Crippen LogP contribution is 2.48. The molecule has 2 fully saturated rings. The maximum Gasteiger partial charge on any atom is 0.343 e. The van der Waals surface area contributed by atoms with Gasteiger partial charge in [0.15, 0.2) is 11.6 Å². The third-order valence-corrected chi connectivity index (χ3v) is 18.5. The summed E-state index contributed by atoms with van der Waals surface area (Å²) < 4.78 is 30.7. The van der Waals surface area contributed by atoms with Crippen LogP contribution in [0.5, 0.6) is 34.5 Å². The summed E-state index contributed by atoms with van der Waals surface area (Å²) >= 11 is 0. The van der Waals surface area contributed by atoms with Crippen LogP contribution < -0.4 is 23.7 Å². The van der Waals surface area contributed by atoms with Crippen molar-refractivity contribution in [3.05, 3.63) is 214 Å². The number of ketones is 2. The number of hydrogen-bond donors (Lipinski definition) is 0. The van der Waals surface area contributed by atoms with E-state index in [4.69, 9.17) is 23.7 Å². The highest BCUT2D eigenvalue weighted by molar-refractivity contribution is 6.01. The van der Waals surface area contributed by atoms with Gasteiger partial charge in [-0.25, -0.2) is 9.59 Å². The summed E-state index contributed by atoms with van der Waals surface area (Å²) in [5.41, 5.74) is 4.93. The Morgan fingerprint density at radius 2 is 0.735 bits per heavy atom. The van der Waals surface area contributed by atoms with E-state index in [1.54, 1.807) is 72.8 Å². The predicted molar refractivity (Wildman–Crippen MR) is 329 cm³/mol. The Hall–Kier alpha value is -7.78. The van der Waals surface area contributed by atoms with Gasteiger partial charge in [-0.1, -0.05) is 134 Å². The van der Waals surface area contributed by atoms with Crippen LogP contribution in [0.2, 0.25) is 0 Å². The molecule has 0 N–H and O–H groups in total. The minimum Gasteiger partial charge on any atom is -0.490 e. The summed E-state index contributed by atoms with van der Waals surface area (Å²) in [6.07, 6.45) is 12.8. The molecule has 2 atom stereocenters. The van der Waals surface area contributed by atoms with E-state index in [2.05, 4.69) is 81.4 Å². The number of ether oxygens (including phenoxy) is 5. The van der Waals surface area contributed by atoms with Crippen molar-refractivity contribution in [3.63, 3.8) is 0 Å². The lowest BCUT2D eigenvalue weighted by atomic mass is 9.65. The van der Waals surface area contributed by atoms with Crippen molar-refractivity contribution in [3.8, 4) is 34.5 Å². The smallest absolute Gasteiger partial charge is 0.343 e. The summed E-state index contributed by atoms with van der Waals surface area (Å²) in [4.78, 5) is 53.8. The predicted octanol–water partition coefficient (Wildman–Crippen LogP) is 18.7. The third-order valence-electron chi connectivity index (χ3n) is 18.5. The van der Waals surface area contributed by atoms with E-state index in [1.807, 2.05) is 77.9 Å². The summed E-state index contributed by atoms with van der Waals surface area (Å²) in [5.74, 6) is 2.70. The molecular formula is C74H82O9. The van der Waals surface area contributed by atoms with Crippen LogP contribution in [0, 0.1) is 10.8 Å². The number of hydrogen-bond acceptors (Lipinski definition) is 9.